The first-order valence-electron chi connectivity index (χ1n) is 5.04. The Balaban J connectivity index is 2.41. The van der Waals surface area contributed by atoms with Crippen molar-refractivity contribution in [3.63, 3.8) is 0 Å². The van der Waals surface area contributed by atoms with Gasteiger partial charge in [0, 0.05) is 11.0 Å². The number of rotatable bonds is 6. The van der Waals surface area contributed by atoms with Crippen LogP contribution in [0.1, 0.15) is 10.4 Å². The molecule has 7 heteroatoms. The van der Waals surface area contributed by atoms with Crippen molar-refractivity contribution in [3.8, 4) is 0 Å². The zero-order valence-electron chi connectivity index (χ0n) is 9.28. The summed E-state index contributed by atoms with van der Waals surface area (Å²) in [5.74, 6) is -1.38. The second-order valence-electron chi connectivity index (χ2n) is 3.30. The van der Waals surface area contributed by atoms with Crippen LogP contribution < -0.4 is 5.32 Å². The van der Waals surface area contributed by atoms with E-state index in [-0.39, 0.29) is 25.7 Å². The third kappa shape index (κ3) is 4.64. The van der Waals surface area contributed by atoms with E-state index < -0.39 is 5.97 Å². The number of carboxylic acid groups (broad SMARTS) is 1. The lowest BCUT2D eigenvalue weighted by Gasteiger charge is -2.07. The fourth-order valence-corrected chi connectivity index (χ4v) is 1.75. The summed E-state index contributed by atoms with van der Waals surface area (Å²) < 4.78 is 5.42. The number of halogens is 2. The van der Waals surface area contributed by atoms with E-state index >= 15 is 0 Å². The van der Waals surface area contributed by atoms with Crippen LogP contribution in [0.5, 0.6) is 0 Å². The minimum absolute atomic E-state index is 0.129. The van der Waals surface area contributed by atoms with Gasteiger partial charge in [-0.2, -0.15) is 0 Å². The van der Waals surface area contributed by atoms with Gasteiger partial charge in [0.25, 0.3) is 5.91 Å². The summed E-state index contributed by atoms with van der Waals surface area (Å²) >= 11 is 9.17. The Kier molecular flexibility index (Phi) is 6.11. The van der Waals surface area contributed by atoms with Gasteiger partial charge in [0.15, 0.2) is 0 Å². The Hall–Kier alpha value is -1.11. The van der Waals surface area contributed by atoms with Gasteiger partial charge in [-0.1, -0.05) is 17.7 Å². The second kappa shape index (κ2) is 7.35. The van der Waals surface area contributed by atoms with Crippen molar-refractivity contribution in [1.82, 2.24) is 5.32 Å². The van der Waals surface area contributed by atoms with E-state index in [1.807, 2.05) is 0 Å². The van der Waals surface area contributed by atoms with E-state index in [0.29, 0.717) is 15.1 Å². The first-order valence-corrected chi connectivity index (χ1v) is 6.21. The van der Waals surface area contributed by atoms with Crippen LogP contribution in [0.25, 0.3) is 0 Å². The number of nitrogens with one attached hydrogen (secondary N) is 1. The Labute approximate surface area is 117 Å². The second-order valence-corrected chi connectivity index (χ2v) is 4.54. The molecule has 0 saturated heterocycles. The molecule has 98 valence electrons. The summed E-state index contributed by atoms with van der Waals surface area (Å²) in [6, 6.07) is 5.03. The van der Waals surface area contributed by atoms with Gasteiger partial charge in [-0.15, -0.1) is 0 Å². The van der Waals surface area contributed by atoms with E-state index in [2.05, 4.69) is 21.2 Å². The highest BCUT2D eigenvalue weighted by Gasteiger charge is 2.11. The fraction of sp³-hybridized carbons (Fsp3) is 0.273. The average molecular weight is 337 g/mol. The van der Waals surface area contributed by atoms with Crippen molar-refractivity contribution in [2.75, 3.05) is 19.8 Å². The number of amides is 1. The Morgan fingerprint density at radius 2 is 2.17 bits per heavy atom. The number of carbonyl (C=O) groups excluding carboxylic acids is 1. The molecule has 1 aromatic rings. The molecule has 1 amide bonds. The number of ether oxygens (including phenoxy) is 1. The highest BCUT2D eigenvalue weighted by molar-refractivity contribution is 9.10. The predicted molar refractivity (Wildman–Crippen MR) is 69.9 cm³/mol. The van der Waals surface area contributed by atoms with Crippen LogP contribution in [-0.4, -0.2) is 36.7 Å². The van der Waals surface area contributed by atoms with E-state index in [0.717, 1.165) is 0 Å². The SMILES string of the molecule is O=C(O)COCCNC(=O)c1cccc(Br)c1Cl. The molecule has 1 aromatic carbocycles. The topological polar surface area (TPSA) is 75.6 Å². The monoisotopic (exact) mass is 335 g/mol. The third-order valence-electron chi connectivity index (χ3n) is 1.95. The van der Waals surface area contributed by atoms with Crippen LogP contribution in [0.3, 0.4) is 0 Å². The molecule has 0 aliphatic rings. The number of carboxylic acids is 1. The third-order valence-corrected chi connectivity index (χ3v) is 3.25. The molecule has 0 spiro atoms. The molecule has 0 aromatic heterocycles. The van der Waals surface area contributed by atoms with Gasteiger partial charge in [-0.05, 0) is 28.1 Å². The summed E-state index contributed by atoms with van der Waals surface area (Å²) in [5, 5.41) is 11.2. The molecule has 1 rings (SSSR count). The molecule has 5 nitrogen and oxygen atoms in total. The molecule has 0 aliphatic heterocycles. The molecule has 18 heavy (non-hydrogen) atoms. The average Bonchev–Trinajstić information content (AvgIpc) is 2.31. The highest BCUT2D eigenvalue weighted by atomic mass is 79.9. The largest absolute Gasteiger partial charge is 0.480 e. The van der Waals surface area contributed by atoms with E-state index in [1.165, 1.54) is 0 Å². The van der Waals surface area contributed by atoms with Crippen molar-refractivity contribution in [1.29, 1.82) is 0 Å². The molecule has 2 N–H and O–H groups in total. The van der Waals surface area contributed by atoms with Gasteiger partial charge >= 0.3 is 5.97 Å². The van der Waals surface area contributed by atoms with E-state index in [9.17, 15) is 9.59 Å². The molecule has 0 radical (unpaired) electrons. The molecule has 0 atom stereocenters. The normalized spacial score (nSPS) is 10.1. The molecule has 0 saturated carbocycles. The van der Waals surface area contributed by atoms with Gasteiger partial charge in [0.1, 0.15) is 6.61 Å². The van der Waals surface area contributed by atoms with Crippen molar-refractivity contribution < 1.29 is 19.4 Å². The Bertz CT molecular complexity index is 453. The fourth-order valence-electron chi connectivity index (χ4n) is 1.17. The van der Waals surface area contributed by atoms with E-state index in [4.69, 9.17) is 21.4 Å². The zero-order valence-corrected chi connectivity index (χ0v) is 11.6. The predicted octanol–water partition coefficient (Wildman–Crippen LogP) is 1.93. The molecule has 0 aliphatic carbocycles. The van der Waals surface area contributed by atoms with Gasteiger partial charge in [0.05, 0.1) is 17.2 Å². The van der Waals surface area contributed by atoms with Gasteiger partial charge in [-0.25, -0.2) is 4.79 Å². The summed E-state index contributed by atoms with van der Waals surface area (Å²) in [7, 11) is 0. The maximum Gasteiger partial charge on any atom is 0.329 e. The number of carbonyl (C=O) groups is 2. The van der Waals surface area contributed by atoms with Crippen molar-refractivity contribution in [2.24, 2.45) is 0 Å². The molecular weight excluding hydrogens is 325 g/mol. The minimum atomic E-state index is -1.05. The van der Waals surface area contributed by atoms with Gasteiger partial charge < -0.3 is 15.2 Å². The maximum atomic E-state index is 11.7. The van der Waals surface area contributed by atoms with Crippen LogP contribution in [0.15, 0.2) is 22.7 Å². The number of aliphatic carboxylic acids is 1. The molecule has 0 bridgehead atoms. The van der Waals surface area contributed by atoms with Crippen molar-refractivity contribution in [2.45, 2.75) is 0 Å². The van der Waals surface area contributed by atoms with E-state index in [1.54, 1.807) is 18.2 Å². The lowest BCUT2D eigenvalue weighted by Crippen LogP contribution is -2.28. The standard InChI is InChI=1S/C11H11BrClNO4/c12-8-3-1-2-7(10(8)13)11(17)14-4-5-18-6-9(15)16/h1-3H,4-6H2,(H,14,17)(H,15,16). The number of hydrogen-bond donors (Lipinski definition) is 2. The summed E-state index contributed by atoms with van der Waals surface area (Å²) in [4.78, 5) is 21.9. The lowest BCUT2D eigenvalue weighted by atomic mass is 10.2. The molecular formula is C11H11BrClNO4. The minimum Gasteiger partial charge on any atom is -0.480 e. The van der Waals surface area contributed by atoms with Gasteiger partial charge in [0.2, 0.25) is 0 Å². The summed E-state index contributed by atoms with van der Waals surface area (Å²) in [6.07, 6.45) is 0. The van der Waals surface area contributed by atoms with Crippen LogP contribution in [0.4, 0.5) is 0 Å². The molecule has 0 fully saturated rings. The quantitative estimate of drug-likeness (QED) is 0.778. The molecule has 0 heterocycles. The summed E-state index contributed by atoms with van der Waals surface area (Å²) in [6.45, 7) is -0.0356. The maximum absolute atomic E-state index is 11.7. The smallest absolute Gasteiger partial charge is 0.329 e. The zero-order chi connectivity index (χ0) is 13.5. The van der Waals surface area contributed by atoms with Crippen molar-refractivity contribution in [3.05, 3.63) is 33.3 Å². The van der Waals surface area contributed by atoms with Crippen molar-refractivity contribution >= 4 is 39.4 Å². The van der Waals surface area contributed by atoms with Gasteiger partial charge in [-0.3, -0.25) is 4.79 Å². The van der Waals surface area contributed by atoms with Crippen LogP contribution in [-0.2, 0) is 9.53 Å². The first kappa shape index (κ1) is 14.9. The molecule has 0 unspecified atom stereocenters. The van der Waals surface area contributed by atoms with Crippen LogP contribution in [0.2, 0.25) is 5.02 Å². The van der Waals surface area contributed by atoms with Crippen LogP contribution >= 0.6 is 27.5 Å². The lowest BCUT2D eigenvalue weighted by molar-refractivity contribution is -0.142. The first-order chi connectivity index (χ1) is 8.52. The Morgan fingerprint density at radius 1 is 1.44 bits per heavy atom. The van der Waals surface area contributed by atoms with Crippen LogP contribution in [0, 0.1) is 0 Å². The summed E-state index contributed by atoms with van der Waals surface area (Å²) in [5.41, 5.74) is 0.351. The number of benzene rings is 1. The Morgan fingerprint density at radius 3 is 2.83 bits per heavy atom. The highest BCUT2D eigenvalue weighted by Crippen LogP contribution is 2.25. The number of hydrogen-bond acceptors (Lipinski definition) is 3.